The number of carboxylic acid groups (broad SMARTS) is 2. The Morgan fingerprint density at radius 2 is 1.38 bits per heavy atom. The van der Waals surface area contributed by atoms with Crippen LogP contribution in [0.3, 0.4) is 0 Å². The molecule has 0 amide bonds. The molecule has 0 saturated heterocycles. The molecule has 24 heavy (non-hydrogen) atoms. The predicted octanol–water partition coefficient (Wildman–Crippen LogP) is 4.66. The van der Waals surface area contributed by atoms with E-state index < -0.39 is 11.8 Å². The van der Waals surface area contributed by atoms with Crippen LogP contribution in [0.15, 0.2) is 54.6 Å². The van der Waals surface area contributed by atoms with Gasteiger partial charge in [0.05, 0.1) is 0 Å². The van der Waals surface area contributed by atoms with Crippen LogP contribution in [0.2, 0.25) is 0 Å². The first kappa shape index (κ1) is 19.0. The Hall–Kier alpha value is -3.02. The van der Waals surface area contributed by atoms with E-state index >= 15 is 0 Å². The number of hydrogen-bond donors (Lipinski definition) is 2. The fraction of sp³-hybridized carbons (Fsp3) is 0.222. The summed E-state index contributed by atoms with van der Waals surface area (Å²) in [5.74, 6) is 0.792. The molecule has 0 fully saturated rings. The first-order chi connectivity index (χ1) is 11.2. The fourth-order valence-corrected chi connectivity index (χ4v) is 1.67. The number of esters is 1. The molecule has 6 nitrogen and oxygen atoms in total. The molecule has 0 saturated carbocycles. The minimum absolute atomic E-state index is 0.385. The van der Waals surface area contributed by atoms with Crippen LogP contribution in [0.25, 0.3) is 0 Å². The van der Waals surface area contributed by atoms with Gasteiger partial charge in [0, 0.05) is 0 Å². The third kappa shape index (κ3) is 7.31. The third-order valence-electron chi connectivity index (χ3n) is 2.48. The molecule has 2 rings (SSSR count). The zero-order valence-electron chi connectivity index (χ0n) is 13.7. The smallest absolute Gasteiger partial charge is 0.456 e. The molecule has 128 valence electrons. The highest BCUT2D eigenvalue weighted by molar-refractivity contribution is 5.92. The van der Waals surface area contributed by atoms with Crippen LogP contribution in [0.4, 0.5) is 4.79 Å². The molecular weight excluding hydrogens is 312 g/mol. The second-order valence-corrected chi connectivity index (χ2v) is 5.70. The molecule has 0 unspecified atom stereocenters. The molecule has 0 spiro atoms. The number of rotatable bonds is 3. The molecular formula is C18H20O6. The monoisotopic (exact) mass is 332 g/mol. The normalized spacial score (nSPS) is 10.1. The summed E-state index contributed by atoms with van der Waals surface area (Å²) in [6.07, 6.45) is -1.83. The van der Waals surface area contributed by atoms with Gasteiger partial charge < -0.3 is 19.7 Å². The Bertz CT molecular complexity index is 669. The van der Waals surface area contributed by atoms with Crippen molar-refractivity contribution in [3.8, 4) is 11.5 Å². The maximum atomic E-state index is 12.2. The van der Waals surface area contributed by atoms with Crippen LogP contribution in [0.5, 0.6) is 11.5 Å². The van der Waals surface area contributed by atoms with E-state index in [1.54, 1.807) is 18.2 Å². The Morgan fingerprint density at radius 3 is 1.92 bits per heavy atom. The molecule has 2 N–H and O–H groups in total. The van der Waals surface area contributed by atoms with E-state index in [4.69, 9.17) is 24.5 Å². The fourth-order valence-electron chi connectivity index (χ4n) is 1.67. The second kappa shape index (κ2) is 8.57. The van der Waals surface area contributed by atoms with Gasteiger partial charge >= 0.3 is 12.1 Å². The third-order valence-corrected chi connectivity index (χ3v) is 2.48. The number of carbonyl (C=O) groups is 2. The molecule has 2 aromatic carbocycles. The average molecular weight is 332 g/mol. The average Bonchev–Trinajstić information content (AvgIpc) is 2.46. The number of para-hydroxylation sites is 2. The van der Waals surface area contributed by atoms with E-state index in [1.165, 1.54) is 0 Å². The van der Waals surface area contributed by atoms with Gasteiger partial charge in [-0.25, -0.2) is 9.59 Å². The van der Waals surface area contributed by atoms with Crippen molar-refractivity contribution in [2.45, 2.75) is 26.4 Å². The SMILES string of the molecule is CC(C)(C)OC(=O)c1ccccc1Oc1ccccc1.O=C(O)O. The Balaban J connectivity index is 0.000000648. The largest absolute Gasteiger partial charge is 0.503 e. The van der Waals surface area contributed by atoms with Crippen molar-refractivity contribution in [2.24, 2.45) is 0 Å². The zero-order valence-corrected chi connectivity index (χ0v) is 13.7. The molecule has 0 bridgehead atoms. The van der Waals surface area contributed by atoms with Gasteiger partial charge in [0.25, 0.3) is 0 Å². The van der Waals surface area contributed by atoms with E-state index in [0.29, 0.717) is 17.1 Å². The van der Waals surface area contributed by atoms with Crippen molar-refractivity contribution in [1.82, 2.24) is 0 Å². The number of carbonyl (C=O) groups excluding carboxylic acids is 1. The summed E-state index contributed by atoms with van der Waals surface area (Å²) in [4.78, 5) is 20.7. The summed E-state index contributed by atoms with van der Waals surface area (Å²) < 4.78 is 11.1. The van der Waals surface area contributed by atoms with Gasteiger partial charge in [0.15, 0.2) is 0 Å². The van der Waals surface area contributed by atoms with E-state index in [9.17, 15) is 4.79 Å². The summed E-state index contributed by atoms with van der Waals surface area (Å²) in [5, 5.41) is 13.9. The van der Waals surface area contributed by atoms with E-state index in [2.05, 4.69) is 0 Å². The van der Waals surface area contributed by atoms with Crippen molar-refractivity contribution in [3.63, 3.8) is 0 Å². The Labute approximate surface area is 140 Å². The number of ether oxygens (including phenoxy) is 2. The first-order valence-corrected chi connectivity index (χ1v) is 7.16. The summed E-state index contributed by atoms with van der Waals surface area (Å²) in [6, 6.07) is 16.4. The van der Waals surface area contributed by atoms with Gasteiger partial charge in [0.2, 0.25) is 0 Å². The Kier molecular flexibility index (Phi) is 6.79. The molecule has 0 atom stereocenters. The highest BCUT2D eigenvalue weighted by Gasteiger charge is 2.20. The van der Waals surface area contributed by atoms with Crippen LogP contribution >= 0.6 is 0 Å². The van der Waals surface area contributed by atoms with Gasteiger partial charge in [-0.2, -0.15) is 0 Å². The topological polar surface area (TPSA) is 93.1 Å². The van der Waals surface area contributed by atoms with Crippen molar-refractivity contribution in [2.75, 3.05) is 0 Å². The summed E-state index contributed by atoms with van der Waals surface area (Å²) in [5.41, 5.74) is -0.108. The maximum Gasteiger partial charge on any atom is 0.503 e. The highest BCUT2D eigenvalue weighted by Crippen LogP contribution is 2.26. The van der Waals surface area contributed by atoms with Crippen molar-refractivity contribution >= 4 is 12.1 Å². The molecule has 0 aliphatic heterocycles. The minimum Gasteiger partial charge on any atom is -0.456 e. The van der Waals surface area contributed by atoms with E-state index in [0.717, 1.165) is 0 Å². The van der Waals surface area contributed by atoms with Crippen molar-refractivity contribution < 1.29 is 29.3 Å². The van der Waals surface area contributed by atoms with Crippen molar-refractivity contribution in [1.29, 1.82) is 0 Å². The Morgan fingerprint density at radius 1 is 0.875 bits per heavy atom. The molecule has 0 aliphatic carbocycles. The van der Waals surface area contributed by atoms with E-state index in [1.807, 2.05) is 57.2 Å². The lowest BCUT2D eigenvalue weighted by Crippen LogP contribution is -2.24. The van der Waals surface area contributed by atoms with Gasteiger partial charge in [-0.15, -0.1) is 0 Å². The molecule has 6 heteroatoms. The van der Waals surface area contributed by atoms with Gasteiger partial charge in [-0.3, -0.25) is 0 Å². The molecule has 2 aromatic rings. The second-order valence-electron chi connectivity index (χ2n) is 5.70. The van der Waals surface area contributed by atoms with Crippen molar-refractivity contribution in [3.05, 3.63) is 60.2 Å². The van der Waals surface area contributed by atoms with Crippen LogP contribution in [0, 0.1) is 0 Å². The van der Waals surface area contributed by atoms with Crippen LogP contribution < -0.4 is 4.74 Å². The van der Waals surface area contributed by atoms with Crippen LogP contribution in [0.1, 0.15) is 31.1 Å². The number of hydrogen-bond acceptors (Lipinski definition) is 4. The lowest BCUT2D eigenvalue weighted by atomic mass is 10.1. The van der Waals surface area contributed by atoms with E-state index in [-0.39, 0.29) is 5.97 Å². The quantitative estimate of drug-likeness (QED) is 0.794. The lowest BCUT2D eigenvalue weighted by Gasteiger charge is -2.20. The summed E-state index contributed by atoms with van der Waals surface area (Å²) in [6.45, 7) is 5.52. The minimum atomic E-state index is -1.83. The molecule has 0 heterocycles. The highest BCUT2D eigenvalue weighted by atomic mass is 16.6. The van der Waals surface area contributed by atoms with Gasteiger partial charge in [-0.1, -0.05) is 30.3 Å². The molecule has 0 aliphatic rings. The number of benzene rings is 2. The van der Waals surface area contributed by atoms with Gasteiger partial charge in [-0.05, 0) is 45.0 Å². The first-order valence-electron chi connectivity index (χ1n) is 7.16. The lowest BCUT2D eigenvalue weighted by molar-refractivity contribution is 0.00670. The molecule has 0 aromatic heterocycles. The standard InChI is InChI=1S/C17H18O3.CH2O3/c1-17(2,3)20-16(18)14-11-7-8-12-15(14)19-13-9-5-4-6-10-13;2-1(3)4/h4-12H,1-3H3;(H2,2,3,4). The predicted molar refractivity (Wildman–Crippen MR) is 88.8 cm³/mol. The van der Waals surface area contributed by atoms with Crippen LogP contribution in [-0.4, -0.2) is 27.9 Å². The molecule has 0 radical (unpaired) electrons. The zero-order chi connectivity index (χ0) is 18.2. The summed E-state index contributed by atoms with van der Waals surface area (Å²) >= 11 is 0. The maximum absolute atomic E-state index is 12.2. The summed E-state index contributed by atoms with van der Waals surface area (Å²) in [7, 11) is 0. The van der Waals surface area contributed by atoms with Gasteiger partial charge in [0.1, 0.15) is 22.7 Å². The van der Waals surface area contributed by atoms with Crippen LogP contribution in [-0.2, 0) is 4.74 Å².